The Morgan fingerprint density at radius 2 is 2.16 bits per heavy atom. The summed E-state index contributed by atoms with van der Waals surface area (Å²) in [6, 6.07) is 10.8. The molecular weight excluding hydrogens is 232 g/mol. The van der Waals surface area contributed by atoms with Crippen molar-refractivity contribution in [2.75, 3.05) is 11.4 Å². The van der Waals surface area contributed by atoms with Crippen molar-refractivity contribution in [3.63, 3.8) is 0 Å². The van der Waals surface area contributed by atoms with Crippen LogP contribution in [0.5, 0.6) is 0 Å². The van der Waals surface area contributed by atoms with Crippen LogP contribution >= 0.6 is 0 Å². The third-order valence-corrected chi connectivity index (χ3v) is 3.67. The minimum absolute atomic E-state index is 1.04. The van der Waals surface area contributed by atoms with Crippen LogP contribution in [0.2, 0.25) is 0 Å². The van der Waals surface area contributed by atoms with E-state index in [9.17, 15) is 0 Å². The molecule has 0 unspecified atom stereocenters. The molecule has 1 aromatic heterocycles. The number of nitrogens with zero attached hydrogens (tertiary/aromatic N) is 2. The van der Waals surface area contributed by atoms with Crippen LogP contribution in [0, 0.1) is 6.92 Å². The second kappa shape index (κ2) is 4.88. The lowest BCUT2D eigenvalue weighted by Crippen LogP contribution is -2.26. The van der Waals surface area contributed by atoms with Crippen LogP contribution < -0.4 is 4.90 Å². The normalized spacial score (nSPS) is 14.1. The molecule has 0 bridgehead atoms. The molecule has 0 saturated carbocycles. The van der Waals surface area contributed by atoms with Gasteiger partial charge in [-0.3, -0.25) is 0 Å². The topological polar surface area (TPSA) is 16.1 Å². The monoisotopic (exact) mass is 250 g/mol. The van der Waals surface area contributed by atoms with Crippen LogP contribution in [0.25, 0.3) is 6.08 Å². The second-order valence-corrected chi connectivity index (χ2v) is 5.00. The number of para-hydroxylation sites is 1. The van der Waals surface area contributed by atoms with E-state index < -0.39 is 0 Å². The number of fused-ring (bicyclic) bond motifs is 1. The number of benzene rings is 1. The summed E-state index contributed by atoms with van der Waals surface area (Å²) in [6.07, 6.45) is 6.08. The molecule has 96 valence electrons. The van der Waals surface area contributed by atoms with E-state index in [0.29, 0.717) is 0 Å². The highest BCUT2D eigenvalue weighted by Gasteiger charge is 2.19. The van der Waals surface area contributed by atoms with E-state index in [0.717, 1.165) is 24.3 Å². The van der Waals surface area contributed by atoms with Crippen molar-refractivity contribution in [3.05, 3.63) is 59.8 Å². The first-order valence-electron chi connectivity index (χ1n) is 6.74. The summed E-state index contributed by atoms with van der Waals surface area (Å²) in [6.45, 7) is 6.95. The molecule has 0 radical (unpaired) electrons. The van der Waals surface area contributed by atoms with Gasteiger partial charge in [-0.05, 0) is 48.6 Å². The second-order valence-electron chi connectivity index (χ2n) is 5.00. The van der Waals surface area contributed by atoms with Crippen molar-refractivity contribution in [2.45, 2.75) is 19.8 Å². The SMILES string of the molecule is C=Cc1cnc(N2CCCc3ccccc32)c(C)c1. The number of aryl methyl sites for hydroxylation is 2. The van der Waals surface area contributed by atoms with Crippen molar-refractivity contribution in [2.24, 2.45) is 0 Å². The zero-order chi connectivity index (χ0) is 13.2. The Balaban J connectivity index is 2.06. The minimum atomic E-state index is 1.04. The molecule has 2 heterocycles. The van der Waals surface area contributed by atoms with Gasteiger partial charge in [0.15, 0.2) is 0 Å². The third kappa shape index (κ3) is 2.14. The number of rotatable bonds is 2. The quantitative estimate of drug-likeness (QED) is 0.797. The predicted octanol–water partition coefficient (Wildman–Crippen LogP) is 4.12. The summed E-state index contributed by atoms with van der Waals surface area (Å²) in [5, 5.41) is 0. The first kappa shape index (κ1) is 12.0. The van der Waals surface area contributed by atoms with Gasteiger partial charge in [-0.1, -0.05) is 30.9 Å². The van der Waals surface area contributed by atoms with E-state index in [1.54, 1.807) is 0 Å². The van der Waals surface area contributed by atoms with E-state index >= 15 is 0 Å². The Morgan fingerprint density at radius 3 is 2.95 bits per heavy atom. The minimum Gasteiger partial charge on any atom is -0.326 e. The molecular formula is C17H18N2. The fourth-order valence-electron chi connectivity index (χ4n) is 2.74. The highest BCUT2D eigenvalue weighted by molar-refractivity contribution is 5.68. The lowest BCUT2D eigenvalue weighted by atomic mass is 10.0. The summed E-state index contributed by atoms with van der Waals surface area (Å²) in [7, 11) is 0. The number of hydrogen-bond donors (Lipinski definition) is 0. The van der Waals surface area contributed by atoms with Crippen LogP contribution in [-0.2, 0) is 6.42 Å². The van der Waals surface area contributed by atoms with Crippen LogP contribution in [0.3, 0.4) is 0 Å². The van der Waals surface area contributed by atoms with Gasteiger partial charge < -0.3 is 4.90 Å². The molecule has 1 aliphatic heterocycles. The lowest BCUT2D eigenvalue weighted by Gasteiger charge is -2.31. The van der Waals surface area contributed by atoms with E-state index in [1.165, 1.54) is 23.2 Å². The number of pyridine rings is 1. The van der Waals surface area contributed by atoms with Gasteiger partial charge >= 0.3 is 0 Å². The molecule has 0 amide bonds. The zero-order valence-electron chi connectivity index (χ0n) is 11.3. The average molecular weight is 250 g/mol. The maximum atomic E-state index is 4.63. The molecule has 2 nitrogen and oxygen atoms in total. The highest BCUT2D eigenvalue weighted by atomic mass is 15.2. The first-order valence-corrected chi connectivity index (χ1v) is 6.74. The molecule has 3 rings (SSSR count). The molecule has 2 aromatic rings. The Labute approximate surface area is 114 Å². The molecule has 19 heavy (non-hydrogen) atoms. The molecule has 0 aliphatic carbocycles. The van der Waals surface area contributed by atoms with Gasteiger partial charge in [-0.25, -0.2) is 4.98 Å². The van der Waals surface area contributed by atoms with Gasteiger partial charge in [-0.15, -0.1) is 0 Å². The summed E-state index contributed by atoms with van der Waals surface area (Å²) >= 11 is 0. The van der Waals surface area contributed by atoms with Gasteiger partial charge in [0.05, 0.1) is 0 Å². The van der Waals surface area contributed by atoms with E-state index in [-0.39, 0.29) is 0 Å². The van der Waals surface area contributed by atoms with Crippen LogP contribution in [-0.4, -0.2) is 11.5 Å². The third-order valence-electron chi connectivity index (χ3n) is 3.67. The molecule has 1 aliphatic rings. The van der Waals surface area contributed by atoms with Gasteiger partial charge in [0.25, 0.3) is 0 Å². The van der Waals surface area contributed by atoms with Gasteiger partial charge in [0.2, 0.25) is 0 Å². The lowest BCUT2D eigenvalue weighted by molar-refractivity contribution is 0.758. The van der Waals surface area contributed by atoms with Crippen molar-refractivity contribution in [1.29, 1.82) is 0 Å². The number of hydrogen-bond acceptors (Lipinski definition) is 2. The predicted molar refractivity (Wildman–Crippen MR) is 80.8 cm³/mol. The molecule has 2 heteroatoms. The van der Waals surface area contributed by atoms with Crippen molar-refractivity contribution >= 4 is 17.6 Å². The molecule has 0 saturated heterocycles. The fraction of sp³-hybridized carbons (Fsp3) is 0.235. The Morgan fingerprint density at radius 1 is 1.32 bits per heavy atom. The standard InChI is InChI=1S/C17H18N2/c1-3-14-11-13(2)17(18-12-14)19-10-6-8-15-7-4-5-9-16(15)19/h3-5,7,9,11-12H,1,6,8,10H2,2H3. The van der Waals surface area contributed by atoms with Gasteiger partial charge in [0.1, 0.15) is 5.82 Å². The summed E-state index contributed by atoms with van der Waals surface area (Å²) in [4.78, 5) is 6.96. The van der Waals surface area contributed by atoms with Gasteiger partial charge in [-0.2, -0.15) is 0 Å². The summed E-state index contributed by atoms with van der Waals surface area (Å²) < 4.78 is 0. The zero-order valence-corrected chi connectivity index (χ0v) is 11.3. The van der Waals surface area contributed by atoms with E-state index in [4.69, 9.17) is 0 Å². The average Bonchev–Trinajstić information content (AvgIpc) is 2.46. The summed E-state index contributed by atoms with van der Waals surface area (Å²) in [5.41, 5.74) is 5.00. The molecule has 0 atom stereocenters. The Hall–Kier alpha value is -2.09. The van der Waals surface area contributed by atoms with Crippen molar-refractivity contribution in [3.8, 4) is 0 Å². The Kier molecular flexibility index (Phi) is 3.08. The number of anilines is 2. The smallest absolute Gasteiger partial charge is 0.135 e. The van der Waals surface area contributed by atoms with E-state index in [2.05, 4.69) is 53.7 Å². The van der Waals surface area contributed by atoms with Crippen LogP contribution in [0.1, 0.15) is 23.1 Å². The fourth-order valence-corrected chi connectivity index (χ4v) is 2.74. The Bertz CT molecular complexity index is 616. The summed E-state index contributed by atoms with van der Waals surface area (Å²) in [5.74, 6) is 1.07. The molecule has 1 aromatic carbocycles. The van der Waals surface area contributed by atoms with Crippen molar-refractivity contribution < 1.29 is 0 Å². The van der Waals surface area contributed by atoms with Gasteiger partial charge in [0, 0.05) is 18.4 Å². The first-order chi connectivity index (χ1) is 9.29. The number of aromatic nitrogens is 1. The molecule has 0 N–H and O–H groups in total. The van der Waals surface area contributed by atoms with Crippen LogP contribution in [0.15, 0.2) is 43.1 Å². The maximum absolute atomic E-state index is 4.63. The molecule has 0 fully saturated rings. The largest absolute Gasteiger partial charge is 0.326 e. The highest BCUT2D eigenvalue weighted by Crippen LogP contribution is 2.33. The maximum Gasteiger partial charge on any atom is 0.135 e. The van der Waals surface area contributed by atoms with Crippen LogP contribution in [0.4, 0.5) is 11.5 Å². The van der Waals surface area contributed by atoms with Crippen molar-refractivity contribution in [1.82, 2.24) is 4.98 Å². The van der Waals surface area contributed by atoms with E-state index in [1.807, 2.05) is 12.3 Å². The molecule has 0 spiro atoms.